The fourth-order valence-corrected chi connectivity index (χ4v) is 5.08. The predicted octanol–water partition coefficient (Wildman–Crippen LogP) is 5.72. The van der Waals surface area contributed by atoms with Crippen LogP contribution in [0.5, 0.6) is 11.5 Å². The molecule has 4 rings (SSSR count). The Bertz CT molecular complexity index is 1350. The zero-order valence-corrected chi connectivity index (χ0v) is 23.1. The lowest BCUT2D eigenvalue weighted by molar-refractivity contribution is -0.122. The number of ether oxygens (including phenoxy) is 2. The lowest BCUT2D eigenvalue weighted by Gasteiger charge is -2.28. The molecule has 0 bridgehead atoms. The second kappa shape index (κ2) is 11.2. The molecule has 36 heavy (non-hydrogen) atoms. The van der Waals surface area contributed by atoms with Crippen molar-refractivity contribution in [2.24, 2.45) is 0 Å². The van der Waals surface area contributed by atoms with Crippen molar-refractivity contribution in [3.05, 3.63) is 92.1 Å². The van der Waals surface area contributed by atoms with Crippen molar-refractivity contribution in [2.75, 3.05) is 11.5 Å². The summed E-state index contributed by atoms with van der Waals surface area (Å²) < 4.78 is 12.8. The van der Waals surface area contributed by atoms with Gasteiger partial charge in [0.1, 0.15) is 12.2 Å². The van der Waals surface area contributed by atoms with E-state index < -0.39 is 11.8 Å². The molecule has 8 heteroatoms. The van der Waals surface area contributed by atoms with Gasteiger partial charge < -0.3 is 9.47 Å². The van der Waals surface area contributed by atoms with Crippen molar-refractivity contribution in [1.29, 1.82) is 0 Å². The van der Waals surface area contributed by atoms with Gasteiger partial charge in [-0.05, 0) is 97.0 Å². The zero-order chi connectivity index (χ0) is 25.8. The fourth-order valence-electron chi connectivity index (χ4n) is 4.02. The van der Waals surface area contributed by atoms with E-state index in [1.807, 2.05) is 19.1 Å². The number of hydrogen-bond donors (Lipinski definition) is 1. The van der Waals surface area contributed by atoms with E-state index in [0.29, 0.717) is 36.0 Å². The zero-order valence-electron chi connectivity index (χ0n) is 20.1. The Balaban J connectivity index is 1.66. The number of benzene rings is 3. The third-order valence-corrected chi connectivity index (χ3v) is 6.51. The Morgan fingerprint density at radius 1 is 1.00 bits per heavy atom. The maximum Gasteiger partial charge on any atom is 0.270 e. The third-order valence-electron chi connectivity index (χ3n) is 5.42. The van der Waals surface area contributed by atoms with Gasteiger partial charge in [0.05, 0.1) is 15.9 Å². The lowest BCUT2D eigenvalue weighted by Crippen LogP contribution is -2.54. The SMILES string of the molecule is CCOc1cc(/C=C2/C(=O)NC(=S)N(c3ccccc3)C2=O)cc(I)c1OCc1cc(C)cc(C)c1. The van der Waals surface area contributed by atoms with E-state index >= 15 is 0 Å². The Kier molecular flexibility index (Phi) is 8.05. The van der Waals surface area contributed by atoms with Gasteiger partial charge in [0.15, 0.2) is 16.6 Å². The van der Waals surface area contributed by atoms with E-state index in [2.05, 4.69) is 60.0 Å². The number of nitrogens with one attached hydrogen (secondary N) is 1. The summed E-state index contributed by atoms with van der Waals surface area (Å²) in [4.78, 5) is 27.3. The molecule has 1 saturated heterocycles. The minimum atomic E-state index is -0.541. The number of hydrogen-bond acceptors (Lipinski definition) is 5. The number of carbonyl (C=O) groups excluding carboxylic acids is 2. The Hall–Kier alpha value is -3.24. The highest BCUT2D eigenvalue weighted by molar-refractivity contribution is 14.1. The number of thiocarbonyl (C=S) groups is 1. The smallest absolute Gasteiger partial charge is 0.270 e. The molecule has 1 N–H and O–H groups in total. The molecule has 0 aromatic heterocycles. The fraction of sp³-hybridized carbons (Fsp3) is 0.179. The van der Waals surface area contributed by atoms with Gasteiger partial charge >= 0.3 is 0 Å². The summed E-state index contributed by atoms with van der Waals surface area (Å²) in [6.45, 7) is 6.84. The van der Waals surface area contributed by atoms with Crippen molar-refractivity contribution in [3.8, 4) is 11.5 Å². The molecule has 0 unspecified atom stereocenters. The molecule has 2 amide bonds. The molecule has 1 aliphatic heterocycles. The van der Waals surface area contributed by atoms with Crippen molar-refractivity contribution in [3.63, 3.8) is 0 Å². The van der Waals surface area contributed by atoms with E-state index in [4.69, 9.17) is 21.7 Å². The molecule has 1 heterocycles. The van der Waals surface area contributed by atoms with Gasteiger partial charge in [-0.25, -0.2) is 0 Å². The van der Waals surface area contributed by atoms with Gasteiger partial charge in [-0.2, -0.15) is 0 Å². The highest BCUT2D eigenvalue weighted by Crippen LogP contribution is 2.36. The average molecular weight is 612 g/mol. The standard InChI is InChI=1S/C28H25IN2O4S/c1-4-34-24-15-19(14-23(29)25(24)35-16-20-11-17(2)10-18(3)12-20)13-22-26(32)30-28(36)31(27(22)33)21-8-6-5-7-9-21/h5-15H,4,16H2,1-3H3,(H,30,32,36)/b22-13-. The molecule has 1 aliphatic rings. The van der Waals surface area contributed by atoms with Crippen molar-refractivity contribution in [2.45, 2.75) is 27.4 Å². The summed E-state index contributed by atoms with van der Waals surface area (Å²) in [5, 5.41) is 2.66. The van der Waals surface area contributed by atoms with Crippen LogP contribution in [0.2, 0.25) is 0 Å². The van der Waals surface area contributed by atoms with E-state index in [0.717, 1.165) is 9.13 Å². The first kappa shape index (κ1) is 25.8. The van der Waals surface area contributed by atoms with Crippen LogP contribution in [0.3, 0.4) is 0 Å². The summed E-state index contributed by atoms with van der Waals surface area (Å²) in [5.41, 5.74) is 4.62. The van der Waals surface area contributed by atoms with Crippen LogP contribution in [-0.2, 0) is 16.2 Å². The largest absolute Gasteiger partial charge is 0.490 e. The maximum absolute atomic E-state index is 13.3. The third kappa shape index (κ3) is 5.76. The summed E-state index contributed by atoms with van der Waals surface area (Å²) >= 11 is 7.45. The van der Waals surface area contributed by atoms with Gasteiger partial charge in [-0.1, -0.05) is 47.5 Å². The Morgan fingerprint density at radius 2 is 1.69 bits per heavy atom. The lowest BCUT2D eigenvalue weighted by atomic mass is 10.1. The highest BCUT2D eigenvalue weighted by Gasteiger charge is 2.34. The minimum Gasteiger partial charge on any atom is -0.490 e. The predicted molar refractivity (Wildman–Crippen MR) is 153 cm³/mol. The van der Waals surface area contributed by atoms with Gasteiger partial charge in [-0.3, -0.25) is 19.8 Å². The van der Waals surface area contributed by atoms with Crippen molar-refractivity contribution < 1.29 is 19.1 Å². The monoisotopic (exact) mass is 612 g/mol. The molecule has 3 aromatic rings. The summed E-state index contributed by atoms with van der Waals surface area (Å²) in [5.74, 6) is 0.128. The first-order valence-corrected chi connectivity index (χ1v) is 12.9. The maximum atomic E-state index is 13.3. The molecule has 6 nitrogen and oxygen atoms in total. The molecular weight excluding hydrogens is 587 g/mol. The second-order valence-corrected chi connectivity index (χ2v) is 9.89. The summed E-state index contributed by atoms with van der Waals surface area (Å²) in [6.07, 6.45) is 1.55. The van der Waals surface area contributed by atoms with E-state index in [-0.39, 0.29) is 10.7 Å². The summed E-state index contributed by atoms with van der Waals surface area (Å²) in [6, 6.07) is 18.9. The van der Waals surface area contributed by atoms with Gasteiger partial charge in [0, 0.05) is 0 Å². The number of halogens is 1. The molecule has 0 spiro atoms. The van der Waals surface area contributed by atoms with E-state index in [1.165, 1.54) is 16.0 Å². The number of nitrogens with zero attached hydrogens (tertiary/aromatic N) is 1. The number of para-hydroxylation sites is 1. The first-order valence-electron chi connectivity index (χ1n) is 11.4. The van der Waals surface area contributed by atoms with Crippen LogP contribution in [0.15, 0.2) is 66.2 Å². The number of aryl methyl sites for hydroxylation is 2. The van der Waals surface area contributed by atoms with Crippen molar-refractivity contribution >= 4 is 63.5 Å². The van der Waals surface area contributed by atoms with Crippen LogP contribution in [0.4, 0.5) is 5.69 Å². The number of amides is 2. The number of anilines is 1. The van der Waals surface area contributed by atoms with E-state index in [1.54, 1.807) is 36.4 Å². The molecule has 184 valence electrons. The highest BCUT2D eigenvalue weighted by atomic mass is 127. The van der Waals surface area contributed by atoms with E-state index in [9.17, 15) is 9.59 Å². The molecule has 0 radical (unpaired) electrons. The Morgan fingerprint density at radius 3 is 2.36 bits per heavy atom. The molecule has 1 fully saturated rings. The first-order chi connectivity index (χ1) is 17.3. The summed E-state index contributed by atoms with van der Waals surface area (Å²) in [7, 11) is 0. The topological polar surface area (TPSA) is 67.9 Å². The van der Waals surface area contributed by atoms with Crippen LogP contribution in [0, 0.1) is 17.4 Å². The van der Waals surface area contributed by atoms with Crippen molar-refractivity contribution in [1.82, 2.24) is 5.32 Å². The molecule has 0 saturated carbocycles. The van der Waals surface area contributed by atoms with Gasteiger partial charge in [-0.15, -0.1) is 0 Å². The molecular formula is C28H25IN2O4S. The van der Waals surface area contributed by atoms with Crippen LogP contribution >= 0.6 is 34.8 Å². The second-order valence-electron chi connectivity index (χ2n) is 8.34. The molecule has 0 atom stereocenters. The van der Waals surface area contributed by atoms with Crippen LogP contribution in [-0.4, -0.2) is 23.5 Å². The quantitative estimate of drug-likeness (QED) is 0.160. The minimum absolute atomic E-state index is 0.0189. The number of rotatable bonds is 7. The number of carbonyl (C=O) groups is 2. The molecule has 3 aromatic carbocycles. The van der Waals surface area contributed by atoms with Crippen LogP contribution in [0.1, 0.15) is 29.2 Å². The van der Waals surface area contributed by atoms with Crippen LogP contribution < -0.4 is 19.7 Å². The normalized spacial score (nSPS) is 14.7. The van der Waals surface area contributed by atoms with Gasteiger partial charge in [0.25, 0.3) is 11.8 Å². The van der Waals surface area contributed by atoms with Gasteiger partial charge in [0.2, 0.25) is 0 Å². The molecule has 0 aliphatic carbocycles. The Labute approximate surface area is 229 Å². The van der Waals surface area contributed by atoms with Crippen LogP contribution in [0.25, 0.3) is 6.08 Å². The average Bonchev–Trinajstić information content (AvgIpc) is 2.81.